The number of nitrogens with zero attached hydrogens (tertiary/aromatic N) is 1. The molecule has 3 nitrogen and oxygen atoms in total. The second-order valence-electron chi connectivity index (χ2n) is 5.49. The molecule has 1 heterocycles. The zero-order valence-corrected chi connectivity index (χ0v) is 13.8. The summed E-state index contributed by atoms with van der Waals surface area (Å²) >= 11 is 6.54. The highest BCUT2D eigenvalue weighted by Crippen LogP contribution is 2.45. The summed E-state index contributed by atoms with van der Waals surface area (Å²) in [5.74, 6) is -1.56. The highest BCUT2D eigenvalue weighted by molar-refractivity contribution is 9.10. The molecule has 1 aromatic carbocycles. The lowest BCUT2D eigenvalue weighted by atomic mass is 9.70. The van der Waals surface area contributed by atoms with E-state index in [0.29, 0.717) is 12.2 Å². The Morgan fingerprint density at radius 3 is 2.55 bits per heavy atom. The van der Waals surface area contributed by atoms with Gasteiger partial charge >= 0.3 is 0 Å². The number of ketones is 1. The maximum absolute atomic E-state index is 13.7. The molecule has 0 bridgehead atoms. The molecule has 1 amide bonds. The number of fused-ring (bicyclic) bond motifs is 1. The Balaban J connectivity index is 2.00. The first kappa shape index (κ1) is 14.2. The van der Waals surface area contributed by atoms with Crippen molar-refractivity contribution >= 4 is 49.2 Å². The molecule has 0 aromatic heterocycles. The summed E-state index contributed by atoms with van der Waals surface area (Å²) < 4.78 is 13.9. The van der Waals surface area contributed by atoms with E-state index in [1.165, 1.54) is 17.0 Å². The van der Waals surface area contributed by atoms with E-state index in [1.807, 2.05) is 0 Å². The lowest BCUT2D eigenvalue weighted by Crippen LogP contribution is -2.45. The Bertz CT molecular complexity index is 608. The third-order valence-corrected chi connectivity index (χ3v) is 6.00. The first-order chi connectivity index (χ1) is 9.47. The van der Waals surface area contributed by atoms with Gasteiger partial charge in [-0.3, -0.25) is 9.59 Å². The van der Waals surface area contributed by atoms with Crippen LogP contribution in [0.25, 0.3) is 0 Å². The van der Waals surface area contributed by atoms with Gasteiger partial charge in [-0.15, -0.1) is 0 Å². The predicted octanol–water partition coefficient (Wildman–Crippen LogP) is 3.68. The summed E-state index contributed by atoms with van der Waals surface area (Å²) in [6, 6.07) is 2.66. The number of anilines is 1. The van der Waals surface area contributed by atoms with Crippen molar-refractivity contribution in [2.24, 2.45) is 5.41 Å². The van der Waals surface area contributed by atoms with Crippen LogP contribution in [0.3, 0.4) is 0 Å². The Morgan fingerprint density at radius 1 is 1.30 bits per heavy atom. The van der Waals surface area contributed by atoms with Crippen LogP contribution < -0.4 is 4.90 Å². The van der Waals surface area contributed by atoms with Crippen LogP contribution in [0.4, 0.5) is 10.1 Å². The number of alkyl halides is 1. The topological polar surface area (TPSA) is 37.4 Å². The molecule has 2 aliphatic rings. The van der Waals surface area contributed by atoms with Crippen molar-refractivity contribution in [1.82, 2.24) is 0 Å². The van der Waals surface area contributed by atoms with Gasteiger partial charge in [0, 0.05) is 11.9 Å². The lowest BCUT2D eigenvalue weighted by molar-refractivity contribution is -0.114. The summed E-state index contributed by atoms with van der Waals surface area (Å²) in [6.45, 7) is 0.469. The molecule has 0 unspecified atom stereocenters. The van der Waals surface area contributed by atoms with Crippen LogP contribution in [0.15, 0.2) is 16.6 Å². The van der Waals surface area contributed by atoms with Gasteiger partial charge in [-0.2, -0.15) is 0 Å². The molecular weight excluding hydrogens is 393 g/mol. The molecule has 3 rings (SSSR count). The molecule has 1 aliphatic carbocycles. The van der Waals surface area contributed by atoms with Gasteiger partial charge in [0.2, 0.25) is 0 Å². The largest absolute Gasteiger partial charge is 0.304 e. The summed E-state index contributed by atoms with van der Waals surface area (Å²) in [7, 11) is 0. The number of carbonyl (C=O) groups excluding carboxylic acids is 2. The summed E-state index contributed by atoms with van der Waals surface area (Å²) in [4.78, 5) is 25.6. The standard InChI is InChI=1S/C14H12Br2FNO2/c15-6-14(2-1-3-14)7-18-11-5-10(17)9(16)4-8(11)12(19)13(18)20/h4-5H,1-3,6-7H2. The second kappa shape index (κ2) is 4.91. The van der Waals surface area contributed by atoms with Crippen LogP contribution in [-0.4, -0.2) is 23.6 Å². The SMILES string of the molecule is O=C1C(=O)N(CC2(CBr)CCC2)c2cc(F)c(Br)cc21. The summed E-state index contributed by atoms with van der Waals surface area (Å²) in [6.07, 6.45) is 3.16. The van der Waals surface area contributed by atoms with Gasteiger partial charge in [0.15, 0.2) is 0 Å². The maximum atomic E-state index is 13.7. The van der Waals surface area contributed by atoms with E-state index < -0.39 is 17.5 Å². The van der Waals surface area contributed by atoms with E-state index in [4.69, 9.17) is 0 Å². The Kier molecular flexibility index (Phi) is 3.49. The van der Waals surface area contributed by atoms with E-state index >= 15 is 0 Å². The van der Waals surface area contributed by atoms with Gasteiger partial charge in [0.1, 0.15) is 5.82 Å². The molecular formula is C14H12Br2FNO2. The normalized spacial score (nSPS) is 20.1. The fourth-order valence-corrected chi connectivity index (χ4v) is 3.87. The van der Waals surface area contributed by atoms with Crippen molar-refractivity contribution < 1.29 is 14.0 Å². The number of hydrogen-bond acceptors (Lipinski definition) is 2. The molecule has 0 atom stereocenters. The van der Waals surface area contributed by atoms with Crippen LogP contribution in [0.5, 0.6) is 0 Å². The number of hydrogen-bond donors (Lipinski definition) is 0. The Labute approximate surface area is 132 Å². The fraction of sp³-hybridized carbons (Fsp3) is 0.429. The van der Waals surface area contributed by atoms with Crippen LogP contribution in [0.2, 0.25) is 0 Å². The van der Waals surface area contributed by atoms with Crippen LogP contribution in [-0.2, 0) is 4.79 Å². The van der Waals surface area contributed by atoms with Crippen LogP contribution >= 0.6 is 31.9 Å². The summed E-state index contributed by atoms with van der Waals surface area (Å²) in [5, 5.41) is 0.784. The molecule has 0 N–H and O–H groups in total. The molecule has 1 fully saturated rings. The Hall–Kier alpha value is -0.750. The number of benzene rings is 1. The van der Waals surface area contributed by atoms with E-state index in [1.54, 1.807) is 0 Å². The molecule has 20 heavy (non-hydrogen) atoms. The number of rotatable bonds is 3. The van der Waals surface area contributed by atoms with Gasteiger partial charge in [-0.25, -0.2) is 4.39 Å². The van der Waals surface area contributed by atoms with Crippen molar-refractivity contribution in [2.45, 2.75) is 19.3 Å². The van der Waals surface area contributed by atoms with E-state index in [2.05, 4.69) is 31.9 Å². The number of carbonyl (C=O) groups is 2. The monoisotopic (exact) mass is 403 g/mol. The van der Waals surface area contributed by atoms with Crippen molar-refractivity contribution in [3.05, 3.63) is 28.0 Å². The first-order valence-corrected chi connectivity index (χ1v) is 8.30. The third kappa shape index (κ3) is 2.04. The maximum Gasteiger partial charge on any atom is 0.299 e. The number of Topliss-reactive ketones (excluding diaryl/α,β-unsaturated/α-hetero) is 1. The average Bonchev–Trinajstić information content (AvgIpc) is 2.59. The van der Waals surface area contributed by atoms with Crippen molar-refractivity contribution in [2.75, 3.05) is 16.8 Å². The smallest absolute Gasteiger partial charge is 0.299 e. The molecule has 0 saturated heterocycles. The van der Waals surface area contributed by atoms with Crippen molar-refractivity contribution in [3.63, 3.8) is 0 Å². The zero-order valence-electron chi connectivity index (χ0n) is 10.6. The van der Waals surface area contributed by atoms with Crippen LogP contribution in [0, 0.1) is 11.2 Å². The van der Waals surface area contributed by atoms with E-state index in [0.717, 1.165) is 24.6 Å². The van der Waals surface area contributed by atoms with Crippen LogP contribution in [0.1, 0.15) is 29.6 Å². The van der Waals surface area contributed by atoms with Crippen molar-refractivity contribution in [3.8, 4) is 0 Å². The Morgan fingerprint density at radius 2 is 2.00 bits per heavy atom. The second-order valence-corrected chi connectivity index (χ2v) is 6.91. The quantitative estimate of drug-likeness (QED) is 0.569. The fourth-order valence-electron chi connectivity index (χ4n) is 2.79. The molecule has 6 heteroatoms. The molecule has 0 spiro atoms. The third-order valence-electron chi connectivity index (χ3n) is 4.20. The minimum Gasteiger partial charge on any atom is -0.304 e. The van der Waals surface area contributed by atoms with Gasteiger partial charge < -0.3 is 4.90 Å². The molecule has 0 radical (unpaired) electrons. The van der Waals surface area contributed by atoms with Gasteiger partial charge in [-0.1, -0.05) is 22.4 Å². The van der Waals surface area contributed by atoms with Gasteiger partial charge in [0.25, 0.3) is 11.7 Å². The first-order valence-electron chi connectivity index (χ1n) is 6.39. The molecule has 1 aromatic rings. The molecule has 1 aliphatic heterocycles. The highest BCUT2D eigenvalue weighted by Gasteiger charge is 2.44. The average molecular weight is 405 g/mol. The molecule has 1 saturated carbocycles. The zero-order chi connectivity index (χ0) is 14.5. The molecule has 106 valence electrons. The van der Waals surface area contributed by atoms with Crippen molar-refractivity contribution in [1.29, 1.82) is 0 Å². The predicted molar refractivity (Wildman–Crippen MR) is 80.9 cm³/mol. The highest BCUT2D eigenvalue weighted by atomic mass is 79.9. The minimum absolute atomic E-state index is 0.0150. The number of halogens is 3. The van der Waals surface area contributed by atoms with Gasteiger partial charge in [-0.05, 0) is 46.3 Å². The van der Waals surface area contributed by atoms with E-state index in [-0.39, 0.29) is 15.5 Å². The minimum atomic E-state index is -0.551. The van der Waals surface area contributed by atoms with E-state index in [9.17, 15) is 14.0 Å². The van der Waals surface area contributed by atoms with Gasteiger partial charge in [0.05, 0.1) is 15.7 Å². The number of amides is 1. The lowest BCUT2D eigenvalue weighted by Gasteiger charge is -2.43. The summed E-state index contributed by atoms with van der Waals surface area (Å²) in [5.41, 5.74) is 0.696.